The summed E-state index contributed by atoms with van der Waals surface area (Å²) in [5.41, 5.74) is 0.892. The van der Waals surface area contributed by atoms with E-state index in [0.29, 0.717) is 34.7 Å². The third-order valence-electron chi connectivity index (χ3n) is 4.61. The fourth-order valence-electron chi connectivity index (χ4n) is 3.02. The molecular formula is C24H21NO5S2. The molecule has 0 spiro atoms. The van der Waals surface area contributed by atoms with Crippen molar-refractivity contribution in [1.29, 1.82) is 0 Å². The van der Waals surface area contributed by atoms with Crippen LogP contribution in [0.3, 0.4) is 0 Å². The number of rotatable bonds is 9. The molecule has 3 aromatic rings. The Morgan fingerprint density at radius 1 is 1.00 bits per heavy atom. The summed E-state index contributed by atoms with van der Waals surface area (Å²) in [6, 6.07) is 18.6. The van der Waals surface area contributed by atoms with Crippen molar-refractivity contribution in [3.8, 4) is 17.2 Å². The lowest BCUT2D eigenvalue weighted by atomic mass is 10.2. The molecule has 1 aliphatic heterocycles. The van der Waals surface area contributed by atoms with E-state index in [1.165, 1.54) is 11.8 Å². The number of thiocarbonyl (C=S) groups is 1. The maximum atomic E-state index is 12.7. The Balaban J connectivity index is 1.29. The Morgan fingerprint density at radius 3 is 2.47 bits per heavy atom. The lowest BCUT2D eigenvalue weighted by Gasteiger charge is -2.12. The van der Waals surface area contributed by atoms with Crippen LogP contribution >= 0.6 is 24.0 Å². The quantitative estimate of drug-likeness (QED) is 0.245. The van der Waals surface area contributed by atoms with Gasteiger partial charge in [0.15, 0.2) is 0 Å². The van der Waals surface area contributed by atoms with Crippen molar-refractivity contribution >= 4 is 40.3 Å². The maximum Gasteiger partial charge on any atom is 0.266 e. The normalized spacial score (nSPS) is 14.8. The first-order chi connectivity index (χ1) is 15.6. The number of ether oxygens (including phenoxy) is 3. The minimum Gasteiger partial charge on any atom is -0.497 e. The second-order valence-electron chi connectivity index (χ2n) is 6.79. The van der Waals surface area contributed by atoms with Crippen molar-refractivity contribution in [2.75, 3.05) is 20.3 Å². The van der Waals surface area contributed by atoms with Gasteiger partial charge in [0, 0.05) is 6.07 Å². The molecule has 0 saturated carbocycles. The zero-order chi connectivity index (χ0) is 22.3. The van der Waals surface area contributed by atoms with Crippen molar-refractivity contribution in [2.45, 2.75) is 6.54 Å². The molecule has 6 nitrogen and oxygen atoms in total. The van der Waals surface area contributed by atoms with E-state index in [4.69, 9.17) is 30.8 Å². The van der Waals surface area contributed by atoms with E-state index in [2.05, 4.69) is 0 Å². The van der Waals surface area contributed by atoms with E-state index >= 15 is 0 Å². The van der Waals surface area contributed by atoms with Gasteiger partial charge in [-0.3, -0.25) is 9.69 Å². The number of carbonyl (C=O) groups is 1. The van der Waals surface area contributed by atoms with Gasteiger partial charge in [0.1, 0.15) is 40.5 Å². The molecular weight excluding hydrogens is 446 g/mol. The molecule has 0 bridgehead atoms. The number of methoxy groups -OCH3 is 1. The number of carbonyl (C=O) groups excluding carboxylic acids is 1. The Labute approximate surface area is 195 Å². The highest BCUT2D eigenvalue weighted by Crippen LogP contribution is 2.33. The molecule has 1 amide bonds. The average Bonchev–Trinajstić information content (AvgIpc) is 3.42. The highest BCUT2D eigenvalue weighted by atomic mass is 32.2. The van der Waals surface area contributed by atoms with Gasteiger partial charge in [-0.15, -0.1) is 0 Å². The van der Waals surface area contributed by atoms with E-state index in [1.54, 1.807) is 24.3 Å². The average molecular weight is 468 g/mol. The molecule has 1 saturated heterocycles. The third-order valence-corrected chi connectivity index (χ3v) is 5.99. The number of thioether (sulfide) groups is 1. The van der Waals surface area contributed by atoms with E-state index in [0.717, 1.165) is 22.8 Å². The highest BCUT2D eigenvalue weighted by Gasteiger charge is 2.32. The van der Waals surface area contributed by atoms with Gasteiger partial charge in [0.25, 0.3) is 5.91 Å². The summed E-state index contributed by atoms with van der Waals surface area (Å²) >= 11 is 6.65. The predicted octanol–water partition coefficient (Wildman–Crippen LogP) is 5.15. The van der Waals surface area contributed by atoms with E-state index in [-0.39, 0.29) is 5.91 Å². The summed E-state index contributed by atoms with van der Waals surface area (Å²) in [5.74, 6) is 2.78. The maximum absolute atomic E-state index is 12.7. The lowest BCUT2D eigenvalue weighted by Crippen LogP contribution is -2.27. The van der Waals surface area contributed by atoms with Gasteiger partial charge in [-0.1, -0.05) is 42.2 Å². The van der Waals surface area contributed by atoms with Gasteiger partial charge in [-0.25, -0.2) is 0 Å². The topological polar surface area (TPSA) is 61.1 Å². The number of benzene rings is 2. The molecule has 4 rings (SSSR count). The van der Waals surface area contributed by atoms with Crippen LogP contribution in [0.5, 0.6) is 17.2 Å². The van der Waals surface area contributed by atoms with Gasteiger partial charge in [-0.2, -0.15) is 0 Å². The number of amides is 1. The Bertz CT molecular complexity index is 1110. The SMILES string of the molecule is COc1cccc(OCCOc2ccc(/C=C3\SC(=S)N(Cc4ccco4)C3=O)cc2)c1. The minimum absolute atomic E-state index is 0.119. The summed E-state index contributed by atoms with van der Waals surface area (Å²) in [4.78, 5) is 14.8. The van der Waals surface area contributed by atoms with Crippen molar-refractivity contribution in [3.05, 3.63) is 83.2 Å². The Kier molecular flexibility index (Phi) is 7.14. The Hall–Kier alpha value is -3.23. The molecule has 1 aromatic heterocycles. The standard InChI is InChI=1S/C24H21NO5S2/c1-27-19-4-2-5-20(15-19)30-13-12-29-18-9-7-17(8-10-18)14-22-23(26)25(24(31)32-22)16-21-6-3-11-28-21/h2-11,14-15H,12-13,16H2,1H3/b22-14-. The van der Waals surface area contributed by atoms with Crippen LogP contribution in [0.25, 0.3) is 6.08 Å². The molecule has 0 aliphatic carbocycles. The largest absolute Gasteiger partial charge is 0.497 e. The second kappa shape index (κ2) is 10.4. The van der Waals surface area contributed by atoms with Crippen LogP contribution in [0.1, 0.15) is 11.3 Å². The first kappa shape index (κ1) is 22.0. The molecule has 0 atom stereocenters. The van der Waals surface area contributed by atoms with Crippen LogP contribution in [0, 0.1) is 0 Å². The molecule has 32 heavy (non-hydrogen) atoms. The van der Waals surface area contributed by atoms with Crippen molar-refractivity contribution < 1.29 is 23.4 Å². The molecule has 1 aliphatic rings. The highest BCUT2D eigenvalue weighted by molar-refractivity contribution is 8.26. The first-order valence-corrected chi connectivity index (χ1v) is 11.1. The summed E-state index contributed by atoms with van der Waals surface area (Å²) in [6.45, 7) is 1.15. The number of nitrogens with zero attached hydrogens (tertiary/aromatic N) is 1. The van der Waals surface area contributed by atoms with Crippen LogP contribution < -0.4 is 14.2 Å². The fraction of sp³-hybridized carbons (Fsp3) is 0.167. The summed E-state index contributed by atoms with van der Waals surface area (Å²) < 4.78 is 22.4. The van der Waals surface area contributed by atoms with Crippen LogP contribution in [0.2, 0.25) is 0 Å². The van der Waals surface area contributed by atoms with Crippen molar-refractivity contribution in [1.82, 2.24) is 4.90 Å². The summed E-state index contributed by atoms with van der Waals surface area (Å²) in [6.07, 6.45) is 3.41. The molecule has 2 aromatic carbocycles. The van der Waals surface area contributed by atoms with Crippen LogP contribution in [0.15, 0.2) is 76.2 Å². The molecule has 0 radical (unpaired) electrons. The predicted molar refractivity (Wildman–Crippen MR) is 128 cm³/mol. The third kappa shape index (κ3) is 5.52. The van der Waals surface area contributed by atoms with E-state index in [9.17, 15) is 4.79 Å². The molecule has 0 N–H and O–H groups in total. The number of furan rings is 1. The number of hydrogen-bond acceptors (Lipinski definition) is 7. The molecule has 1 fully saturated rings. The molecule has 8 heteroatoms. The van der Waals surface area contributed by atoms with Gasteiger partial charge in [0.2, 0.25) is 0 Å². The minimum atomic E-state index is -0.119. The van der Waals surface area contributed by atoms with Gasteiger partial charge >= 0.3 is 0 Å². The van der Waals surface area contributed by atoms with Gasteiger partial charge in [0.05, 0.1) is 24.8 Å². The van der Waals surface area contributed by atoms with Gasteiger partial charge < -0.3 is 18.6 Å². The Morgan fingerprint density at radius 2 is 1.75 bits per heavy atom. The zero-order valence-electron chi connectivity index (χ0n) is 17.4. The van der Waals surface area contributed by atoms with Crippen molar-refractivity contribution in [2.24, 2.45) is 0 Å². The van der Waals surface area contributed by atoms with Gasteiger partial charge in [-0.05, 0) is 48.0 Å². The second-order valence-corrected chi connectivity index (χ2v) is 8.47. The monoisotopic (exact) mass is 467 g/mol. The molecule has 164 valence electrons. The van der Waals surface area contributed by atoms with E-state index in [1.807, 2.05) is 60.7 Å². The molecule has 0 unspecified atom stereocenters. The molecule has 2 heterocycles. The van der Waals surface area contributed by atoms with Crippen LogP contribution in [-0.4, -0.2) is 35.5 Å². The van der Waals surface area contributed by atoms with Crippen molar-refractivity contribution in [3.63, 3.8) is 0 Å². The van der Waals surface area contributed by atoms with Crippen LogP contribution in [0.4, 0.5) is 0 Å². The summed E-state index contributed by atoms with van der Waals surface area (Å²) in [5, 5.41) is 0. The summed E-state index contributed by atoms with van der Waals surface area (Å²) in [7, 11) is 1.62. The van der Waals surface area contributed by atoms with E-state index < -0.39 is 0 Å². The number of hydrogen-bond donors (Lipinski definition) is 0. The lowest BCUT2D eigenvalue weighted by molar-refractivity contribution is -0.122. The fourth-order valence-corrected chi connectivity index (χ4v) is 4.27. The first-order valence-electron chi connectivity index (χ1n) is 9.90. The smallest absolute Gasteiger partial charge is 0.266 e. The zero-order valence-corrected chi connectivity index (χ0v) is 19.0. The van der Waals surface area contributed by atoms with Crippen LogP contribution in [-0.2, 0) is 11.3 Å².